The van der Waals surface area contributed by atoms with Gasteiger partial charge in [-0.2, -0.15) is 0 Å². The van der Waals surface area contributed by atoms with Gasteiger partial charge in [-0.3, -0.25) is 4.90 Å². The smallest absolute Gasteiger partial charge is 0.0674 e. The Labute approximate surface area is 129 Å². The van der Waals surface area contributed by atoms with Crippen LogP contribution in [0.1, 0.15) is 45.1 Å². The van der Waals surface area contributed by atoms with Gasteiger partial charge in [-0.25, -0.2) is 0 Å². The normalized spacial score (nSPS) is 26.5. The molecule has 0 spiro atoms. The molecule has 1 aromatic rings. The van der Waals surface area contributed by atoms with E-state index in [-0.39, 0.29) is 0 Å². The topological polar surface area (TPSA) is 38.5 Å². The van der Waals surface area contributed by atoms with E-state index < -0.39 is 0 Å². The van der Waals surface area contributed by atoms with Crippen molar-refractivity contribution < 1.29 is 4.74 Å². The summed E-state index contributed by atoms with van der Waals surface area (Å²) in [6.07, 6.45) is 2.56. The third kappa shape index (κ3) is 4.29. The second kappa shape index (κ2) is 7.92. The minimum atomic E-state index is 0.314. The summed E-state index contributed by atoms with van der Waals surface area (Å²) in [5.74, 6) is 0.537. The molecule has 1 saturated heterocycles. The average molecular weight is 290 g/mol. The molecule has 3 heteroatoms. The highest BCUT2D eigenvalue weighted by Gasteiger charge is 2.31. The largest absolute Gasteiger partial charge is 0.376 e. The van der Waals surface area contributed by atoms with Crippen molar-refractivity contribution >= 4 is 0 Å². The summed E-state index contributed by atoms with van der Waals surface area (Å²) in [5.41, 5.74) is 7.52. The molecule has 0 radical (unpaired) electrons. The van der Waals surface area contributed by atoms with Crippen LogP contribution < -0.4 is 5.73 Å². The van der Waals surface area contributed by atoms with E-state index in [0.29, 0.717) is 24.1 Å². The molecule has 0 bridgehead atoms. The third-order valence-electron chi connectivity index (χ3n) is 4.72. The summed E-state index contributed by atoms with van der Waals surface area (Å²) in [6, 6.07) is 11.7. The van der Waals surface area contributed by atoms with E-state index in [9.17, 15) is 0 Å². The molecule has 21 heavy (non-hydrogen) atoms. The van der Waals surface area contributed by atoms with E-state index in [1.165, 1.54) is 5.56 Å². The molecule has 0 saturated carbocycles. The van der Waals surface area contributed by atoms with Gasteiger partial charge in [0.25, 0.3) is 0 Å². The fraction of sp³-hybridized carbons (Fsp3) is 0.667. The predicted molar refractivity (Wildman–Crippen MR) is 88.5 cm³/mol. The van der Waals surface area contributed by atoms with Gasteiger partial charge < -0.3 is 10.5 Å². The quantitative estimate of drug-likeness (QED) is 0.875. The van der Waals surface area contributed by atoms with E-state index >= 15 is 0 Å². The Morgan fingerprint density at radius 2 is 2.05 bits per heavy atom. The van der Waals surface area contributed by atoms with E-state index in [0.717, 1.165) is 32.5 Å². The molecule has 0 aromatic heterocycles. The molecule has 4 atom stereocenters. The lowest BCUT2D eigenvalue weighted by atomic mass is 9.92. The van der Waals surface area contributed by atoms with Gasteiger partial charge in [0, 0.05) is 25.2 Å². The molecule has 4 unspecified atom stereocenters. The van der Waals surface area contributed by atoms with Crippen LogP contribution in [0.3, 0.4) is 0 Å². The Morgan fingerprint density at radius 1 is 1.33 bits per heavy atom. The summed E-state index contributed by atoms with van der Waals surface area (Å²) in [5, 5.41) is 0. The summed E-state index contributed by atoms with van der Waals surface area (Å²) in [7, 11) is 0. The van der Waals surface area contributed by atoms with E-state index in [4.69, 9.17) is 10.5 Å². The Bertz CT molecular complexity index is 409. The number of benzene rings is 1. The highest BCUT2D eigenvalue weighted by atomic mass is 16.5. The van der Waals surface area contributed by atoms with Crippen molar-refractivity contribution in [1.29, 1.82) is 0 Å². The number of ether oxygens (including phenoxy) is 1. The van der Waals surface area contributed by atoms with Crippen LogP contribution in [0.25, 0.3) is 0 Å². The molecule has 118 valence electrons. The van der Waals surface area contributed by atoms with Gasteiger partial charge >= 0.3 is 0 Å². The third-order valence-corrected chi connectivity index (χ3v) is 4.72. The summed E-state index contributed by atoms with van der Waals surface area (Å²) in [6.45, 7) is 9.28. The fourth-order valence-electron chi connectivity index (χ4n) is 3.36. The van der Waals surface area contributed by atoms with Crippen LogP contribution in [0, 0.1) is 0 Å². The monoisotopic (exact) mass is 290 g/mol. The van der Waals surface area contributed by atoms with Crippen LogP contribution in [0.15, 0.2) is 30.3 Å². The van der Waals surface area contributed by atoms with Crippen molar-refractivity contribution in [2.45, 2.75) is 57.7 Å². The first-order valence-electron chi connectivity index (χ1n) is 8.28. The van der Waals surface area contributed by atoms with Crippen molar-refractivity contribution in [2.24, 2.45) is 5.73 Å². The first-order valence-corrected chi connectivity index (χ1v) is 8.28. The minimum Gasteiger partial charge on any atom is -0.376 e. The first kappa shape index (κ1) is 16.5. The zero-order chi connectivity index (χ0) is 15.2. The summed E-state index contributed by atoms with van der Waals surface area (Å²) >= 11 is 0. The summed E-state index contributed by atoms with van der Waals surface area (Å²) < 4.78 is 5.81. The van der Waals surface area contributed by atoms with E-state index in [1.54, 1.807) is 0 Å². The second-order valence-corrected chi connectivity index (χ2v) is 6.34. The van der Waals surface area contributed by atoms with E-state index in [1.807, 2.05) is 0 Å². The average Bonchev–Trinajstić information content (AvgIpc) is 2.53. The molecule has 0 aliphatic carbocycles. The zero-order valence-corrected chi connectivity index (χ0v) is 13.7. The van der Waals surface area contributed by atoms with Crippen LogP contribution in [0.2, 0.25) is 0 Å². The number of morpholine rings is 1. The van der Waals surface area contributed by atoms with Gasteiger partial charge in [0.1, 0.15) is 0 Å². The molecule has 0 amide bonds. The zero-order valence-electron chi connectivity index (χ0n) is 13.7. The maximum atomic E-state index is 6.11. The first-order chi connectivity index (χ1) is 10.2. The number of nitrogens with two attached hydrogens (primary N) is 1. The van der Waals surface area contributed by atoms with Gasteiger partial charge in [-0.05, 0) is 31.2 Å². The fourth-order valence-corrected chi connectivity index (χ4v) is 3.36. The molecular formula is C18H30N2O. The summed E-state index contributed by atoms with van der Waals surface area (Å²) in [4.78, 5) is 2.59. The molecule has 1 fully saturated rings. The van der Waals surface area contributed by atoms with Crippen molar-refractivity contribution in [3.8, 4) is 0 Å². The van der Waals surface area contributed by atoms with E-state index in [2.05, 4.69) is 56.0 Å². The number of hydrogen-bond acceptors (Lipinski definition) is 3. The van der Waals surface area contributed by atoms with Crippen LogP contribution in [0.5, 0.6) is 0 Å². The van der Waals surface area contributed by atoms with Crippen molar-refractivity contribution in [1.82, 2.24) is 4.90 Å². The van der Waals surface area contributed by atoms with Gasteiger partial charge in [0.05, 0.1) is 12.7 Å². The Hall–Kier alpha value is -0.900. The van der Waals surface area contributed by atoms with Gasteiger partial charge in [-0.1, -0.05) is 44.2 Å². The molecule has 2 rings (SSSR count). The highest BCUT2D eigenvalue weighted by Crippen LogP contribution is 2.26. The molecule has 2 N–H and O–H groups in total. The standard InChI is InChI=1S/C18H30N2O/c1-4-17-13-21-15(3)12-20(17)18(11-19)10-14(2)16-8-6-5-7-9-16/h5-9,14-15,17-18H,4,10-13,19H2,1-3H3. The lowest BCUT2D eigenvalue weighted by Gasteiger charge is -2.43. The van der Waals surface area contributed by atoms with Crippen LogP contribution in [-0.4, -0.2) is 42.8 Å². The molecule has 1 heterocycles. The van der Waals surface area contributed by atoms with Gasteiger partial charge in [0.2, 0.25) is 0 Å². The number of rotatable bonds is 6. The Morgan fingerprint density at radius 3 is 2.67 bits per heavy atom. The molecular weight excluding hydrogens is 260 g/mol. The van der Waals surface area contributed by atoms with Crippen LogP contribution in [-0.2, 0) is 4.74 Å². The minimum absolute atomic E-state index is 0.314. The maximum absolute atomic E-state index is 6.11. The lowest BCUT2D eigenvalue weighted by Crippen LogP contribution is -2.55. The second-order valence-electron chi connectivity index (χ2n) is 6.34. The lowest BCUT2D eigenvalue weighted by molar-refractivity contribution is -0.0728. The molecule has 1 aromatic carbocycles. The van der Waals surface area contributed by atoms with Crippen LogP contribution in [0.4, 0.5) is 0 Å². The molecule has 1 aliphatic heterocycles. The Kier molecular flexibility index (Phi) is 6.22. The number of nitrogens with zero attached hydrogens (tertiary/aromatic N) is 1. The van der Waals surface area contributed by atoms with Gasteiger partial charge in [0.15, 0.2) is 0 Å². The van der Waals surface area contributed by atoms with Crippen molar-refractivity contribution in [3.05, 3.63) is 35.9 Å². The highest BCUT2D eigenvalue weighted by molar-refractivity contribution is 5.19. The van der Waals surface area contributed by atoms with Crippen molar-refractivity contribution in [3.63, 3.8) is 0 Å². The SMILES string of the molecule is CCC1COC(C)CN1C(CN)CC(C)c1ccccc1. The Balaban J connectivity index is 2.04. The van der Waals surface area contributed by atoms with Gasteiger partial charge in [-0.15, -0.1) is 0 Å². The number of hydrogen-bond donors (Lipinski definition) is 1. The van der Waals surface area contributed by atoms with Crippen molar-refractivity contribution in [2.75, 3.05) is 19.7 Å². The predicted octanol–water partition coefficient (Wildman–Crippen LogP) is 3.01. The maximum Gasteiger partial charge on any atom is 0.0674 e. The van der Waals surface area contributed by atoms with Crippen LogP contribution >= 0.6 is 0 Å². The molecule has 1 aliphatic rings. The molecule has 3 nitrogen and oxygen atoms in total.